The van der Waals surface area contributed by atoms with Gasteiger partial charge in [-0.3, -0.25) is 33.6 Å². The van der Waals surface area contributed by atoms with Crippen molar-refractivity contribution >= 4 is 124 Å². The quantitative estimate of drug-likeness (QED) is 0.0259. The largest absolute Gasteiger partial charge is 0.481 e. The van der Waals surface area contributed by atoms with Gasteiger partial charge in [0.2, 0.25) is 0 Å². The van der Waals surface area contributed by atoms with E-state index in [-0.39, 0.29) is 170 Å². The first-order chi connectivity index (χ1) is 56.6. The number of aliphatic hydroxyl groups excluding tert-OH is 14. The van der Waals surface area contributed by atoms with Gasteiger partial charge >= 0.3 is 41.8 Å². The zero-order chi connectivity index (χ0) is 86.9. The molecule has 21 saturated heterocycles. The van der Waals surface area contributed by atoms with Gasteiger partial charge in [0.05, 0.1) is 42.7 Å². The molecule has 0 aromatic rings. The molecule has 0 spiro atoms. The van der Waals surface area contributed by atoms with E-state index in [1.165, 1.54) is 0 Å². The minimum atomic E-state index is -2.23. The summed E-state index contributed by atoms with van der Waals surface area (Å²) in [4.78, 5) is 81.2. The van der Waals surface area contributed by atoms with E-state index >= 15 is 0 Å². The predicted molar refractivity (Wildman–Crippen MR) is 418 cm³/mol. The molecule has 14 bridgehead atoms. The first-order valence-corrected chi connectivity index (χ1v) is 47.0. The Balaban J connectivity index is 1.22. The SMILES string of the molecule is O=C(O)CCCSC[C@@H]1O[C@@H]2O[C@H]3[C@H](O)[C@@H](O)[C@@H](O[C@H]4[C@@H](O)[C@@H](O)[C@@H](O[C@H]5[C@H](O)[C@H](O)[C@@H](O[C@H]6[C@@H](O)[C@H](O)[C@@H](O[C@H]7[C@H](O)[C@@H](O)[C@@H](O[C@H]8[C@H](O)[C@@H](O)[C@@H](O[C@H]1[C@H](O)[C@H]2O)O[C@H]8CSCCCC(=O)O)O[C@@H]7CSCCCC(=O)O)O[C@@H]6CSCCCC(=O)O)O[C@@H]5CSCCCC(=O)O)O[C@@H]4CSCCCC(=O)O)O[C@H]3CSCCCC(=O)O. The summed E-state index contributed by atoms with van der Waals surface area (Å²) in [5, 5.41) is 238. The second-order valence-electron chi connectivity index (χ2n) is 29.4. The Labute approximate surface area is 712 Å². The van der Waals surface area contributed by atoms with E-state index in [0.29, 0.717) is 0 Å². The number of carboxylic acids is 7. The third kappa shape index (κ3) is 30.4. The van der Waals surface area contributed by atoms with Gasteiger partial charge in [-0.2, -0.15) is 82.3 Å². The van der Waals surface area contributed by atoms with Crippen LogP contribution in [0, 0.1) is 0 Å². The van der Waals surface area contributed by atoms with Crippen LogP contribution >= 0.6 is 82.3 Å². The topological polar surface area (TPSA) is 674 Å². The first-order valence-electron chi connectivity index (χ1n) is 38.9. The number of thioether (sulfide) groups is 7. The molecule has 21 aliphatic rings. The Morgan fingerprint density at radius 3 is 0.387 bits per heavy atom. The Kier molecular flexibility index (Phi) is 43.7. The van der Waals surface area contributed by atoms with E-state index in [9.17, 15) is 141 Å². The number of aliphatic carboxylic acids is 7. The van der Waals surface area contributed by atoms with E-state index in [1.807, 2.05) is 0 Å². The smallest absolute Gasteiger partial charge is 0.303 e. The van der Waals surface area contributed by atoms with Crippen LogP contribution in [-0.4, -0.2) is 445 Å². The first kappa shape index (κ1) is 102. The normalized spacial score (nSPS) is 39.8. The third-order valence-corrected chi connectivity index (χ3v) is 28.2. The van der Waals surface area contributed by atoms with Gasteiger partial charge in [-0.25, -0.2) is 0 Å². The van der Waals surface area contributed by atoms with Crippen LogP contribution in [0.2, 0.25) is 0 Å². The lowest BCUT2D eigenvalue weighted by Gasteiger charge is -2.50. The van der Waals surface area contributed by atoms with Crippen LogP contribution in [0.5, 0.6) is 0 Å². The van der Waals surface area contributed by atoms with Gasteiger partial charge in [0.1, 0.15) is 128 Å². The van der Waals surface area contributed by atoms with Crippen molar-refractivity contribution < 1.29 is 207 Å². The van der Waals surface area contributed by atoms with Crippen molar-refractivity contribution in [1.29, 1.82) is 0 Å². The van der Waals surface area contributed by atoms with Gasteiger partial charge in [0, 0.05) is 85.2 Å². The van der Waals surface area contributed by atoms with Crippen LogP contribution in [0.3, 0.4) is 0 Å². The average Bonchev–Trinajstić information content (AvgIpc) is 0.957. The van der Waals surface area contributed by atoms with Crippen LogP contribution < -0.4 is 0 Å². The summed E-state index contributed by atoms with van der Waals surface area (Å²) in [6.07, 6.45) is -69.5. The molecule has 35 atom stereocenters. The molecule has 42 nitrogen and oxygen atoms in total. The summed E-state index contributed by atoms with van der Waals surface area (Å²) >= 11 is 7.45. The minimum Gasteiger partial charge on any atom is -0.481 e. The van der Waals surface area contributed by atoms with Crippen molar-refractivity contribution in [2.75, 3.05) is 80.5 Å². The highest BCUT2D eigenvalue weighted by atomic mass is 32.2. The second kappa shape index (κ2) is 51.0. The molecule has 0 aliphatic carbocycles. The Bertz CT molecular complexity index is 2550. The van der Waals surface area contributed by atoms with Crippen molar-refractivity contribution in [1.82, 2.24) is 0 Å². The van der Waals surface area contributed by atoms with Gasteiger partial charge in [0.15, 0.2) is 44.0 Å². The number of ether oxygens (including phenoxy) is 14. The van der Waals surface area contributed by atoms with Crippen LogP contribution in [0.15, 0.2) is 0 Å². The summed E-state index contributed by atoms with van der Waals surface area (Å²) in [6.45, 7) is 0. The number of hydrogen-bond donors (Lipinski definition) is 21. The van der Waals surface area contributed by atoms with Crippen molar-refractivity contribution in [2.45, 2.75) is 305 Å². The van der Waals surface area contributed by atoms with Gasteiger partial charge in [-0.05, 0) is 85.2 Å². The molecule has 21 heterocycles. The molecule has 0 saturated carbocycles. The van der Waals surface area contributed by atoms with Crippen molar-refractivity contribution in [3.63, 3.8) is 0 Å². The zero-order valence-electron chi connectivity index (χ0n) is 64.3. The van der Waals surface area contributed by atoms with Crippen LogP contribution in [0.1, 0.15) is 89.9 Å². The second-order valence-corrected chi connectivity index (χ2v) is 37.4. The molecular weight excluding hydrogens is 1740 g/mol. The lowest BCUT2D eigenvalue weighted by Crippen LogP contribution is -2.68. The van der Waals surface area contributed by atoms with E-state index < -0.39 is 257 Å². The standard InChI is InChI=1S/C70H112O42S7/c71-36(72)8-1-15-113-22-29-57-43(85)50(92)64(99-29)107-58-30(23-114-16-2-9-37(73)74)101-66(52(94)45(58)87)109-60-32(25-116-18-4-11-39(77)78)103-68(54(96)47(60)89)111-62-34(27-118-20-6-13-41(81)82)105-70(56(98)49(62)91)112-63-35(28-119-21-7-14-42(83)84)104-69(55(97)48(63)90)110-61-33(26-117-19-5-12-40(79)80)102-67(53(95)46(61)88)108-59-31(24-115-17-3-10-38(75)76)100-65(106-57)51(93)44(59)86/h29-35,43-70,85-98H,1-28H2,(H,71,72)(H,73,74)(H,75,76)(H,77,78)(H,79,80)(H,81,82)(H,83,84)/t29-,30-,31-,32-,33+,34+,35+,43-,44+,45+,46-,47-,48-,49-,50+,51-,52+,53-,54-,55-,56-,57-,58-,59-,60-,61-,62-,63-,64-,65-,66-,67-,68-,69-,70-/m1/s1. The Morgan fingerprint density at radius 1 is 0.176 bits per heavy atom. The zero-order valence-corrected chi connectivity index (χ0v) is 70.0. The molecule has 686 valence electrons. The summed E-state index contributed by atoms with van der Waals surface area (Å²) in [6, 6.07) is 0. The maximum absolute atomic E-state index is 12.3. The molecule has 0 aromatic heterocycles. The van der Waals surface area contributed by atoms with Crippen LogP contribution in [-0.2, 0) is 99.9 Å². The van der Waals surface area contributed by atoms with Crippen LogP contribution in [0.4, 0.5) is 0 Å². The monoisotopic (exact) mass is 1850 g/mol. The molecule has 21 N–H and O–H groups in total. The molecule has 21 fully saturated rings. The maximum Gasteiger partial charge on any atom is 0.303 e. The molecule has 49 heteroatoms. The number of hydrogen-bond acceptors (Lipinski definition) is 42. The number of carbonyl (C=O) groups is 7. The molecule has 119 heavy (non-hydrogen) atoms. The number of aliphatic hydroxyl groups is 14. The molecular formula is C70H112O42S7. The van der Waals surface area contributed by atoms with Crippen molar-refractivity contribution in [3.05, 3.63) is 0 Å². The van der Waals surface area contributed by atoms with Gasteiger partial charge < -0.3 is 174 Å². The Hall–Kier alpha value is -2.38. The van der Waals surface area contributed by atoms with Crippen molar-refractivity contribution in [3.8, 4) is 0 Å². The number of rotatable bonds is 42. The molecule has 0 radical (unpaired) electrons. The average molecular weight is 1850 g/mol. The summed E-state index contributed by atoms with van der Waals surface area (Å²) in [5.41, 5.74) is 0. The summed E-state index contributed by atoms with van der Waals surface area (Å²) in [7, 11) is 0. The fraction of sp³-hybridized carbons (Fsp3) is 0.900. The fourth-order valence-electron chi connectivity index (χ4n) is 14.0. The molecule has 21 rings (SSSR count). The van der Waals surface area contributed by atoms with E-state index in [0.717, 1.165) is 82.3 Å². The van der Waals surface area contributed by atoms with E-state index in [2.05, 4.69) is 0 Å². The highest BCUT2D eigenvalue weighted by Gasteiger charge is 2.60. The Morgan fingerprint density at radius 2 is 0.286 bits per heavy atom. The van der Waals surface area contributed by atoms with Gasteiger partial charge in [-0.15, -0.1) is 0 Å². The van der Waals surface area contributed by atoms with Crippen LogP contribution in [0.25, 0.3) is 0 Å². The van der Waals surface area contributed by atoms with Gasteiger partial charge in [-0.1, -0.05) is 0 Å². The fourth-order valence-corrected chi connectivity index (χ4v) is 21.1. The van der Waals surface area contributed by atoms with Gasteiger partial charge in [0.25, 0.3) is 0 Å². The van der Waals surface area contributed by atoms with E-state index in [4.69, 9.17) is 66.3 Å². The summed E-state index contributed by atoms with van der Waals surface area (Å²) < 4.78 is 89.0. The molecule has 0 aromatic carbocycles. The summed E-state index contributed by atoms with van der Waals surface area (Å²) in [5.74, 6) is -8.74. The van der Waals surface area contributed by atoms with Crippen molar-refractivity contribution in [2.24, 2.45) is 0 Å². The molecule has 0 amide bonds. The molecule has 21 aliphatic heterocycles. The minimum absolute atomic E-state index is 0.0923. The lowest BCUT2D eigenvalue weighted by atomic mass is 9.95. The highest BCUT2D eigenvalue weighted by molar-refractivity contribution is 8.00. The lowest BCUT2D eigenvalue weighted by molar-refractivity contribution is -0.389. The maximum atomic E-state index is 12.3. The molecule has 0 unspecified atom stereocenters. The van der Waals surface area contributed by atoms with E-state index in [1.54, 1.807) is 0 Å². The number of carboxylic acid groups (broad SMARTS) is 7. The predicted octanol–water partition coefficient (Wildman–Crippen LogP) is -3.99. The highest BCUT2D eigenvalue weighted by Crippen LogP contribution is 2.42. The third-order valence-electron chi connectivity index (χ3n) is 20.3.